The van der Waals surface area contributed by atoms with Crippen molar-refractivity contribution in [2.75, 3.05) is 10.6 Å². The van der Waals surface area contributed by atoms with Crippen molar-refractivity contribution in [1.29, 1.82) is 0 Å². The van der Waals surface area contributed by atoms with Gasteiger partial charge in [0, 0.05) is 11.8 Å². The van der Waals surface area contributed by atoms with Crippen molar-refractivity contribution in [3.05, 3.63) is 58.7 Å². The van der Waals surface area contributed by atoms with Crippen LogP contribution in [0, 0.1) is 12.7 Å². The summed E-state index contributed by atoms with van der Waals surface area (Å²) in [5, 5.41) is 16.8. The van der Waals surface area contributed by atoms with Gasteiger partial charge < -0.3 is 15.2 Å². The lowest BCUT2D eigenvalue weighted by molar-refractivity contribution is 0.102. The average molecular weight is 348 g/mol. The summed E-state index contributed by atoms with van der Waals surface area (Å²) >= 11 is 5.67. The molecule has 2 heterocycles. The molecule has 7 nitrogen and oxygen atoms in total. The molecular weight excluding hydrogens is 337 g/mol. The predicted octanol–water partition coefficient (Wildman–Crippen LogP) is 3.56. The summed E-state index contributed by atoms with van der Waals surface area (Å²) in [6.45, 7) is 1.76. The maximum Gasteiger partial charge on any atom is 0.276 e. The molecule has 1 aromatic carbocycles. The molecule has 0 unspecified atom stereocenters. The van der Waals surface area contributed by atoms with Crippen molar-refractivity contribution in [2.24, 2.45) is 0 Å². The van der Waals surface area contributed by atoms with E-state index in [-0.39, 0.29) is 10.7 Å². The monoisotopic (exact) mass is 347 g/mol. The molecule has 0 atom stereocenters. The van der Waals surface area contributed by atoms with Gasteiger partial charge in [0.2, 0.25) is 0 Å². The first kappa shape index (κ1) is 15.9. The fraction of sp³-hybridized carbons (Fsp3) is 0.0667. The van der Waals surface area contributed by atoms with Crippen LogP contribution in [0.4, 0.5) is 21.7 Å². The molecule has 24 heavy (non-hydrogen) atoms. The summed E-state index contributed by atoms with van der Waals surface area (Å²) in [7, 11) is 0. The highest BCUT2D eigenvalue weighted by Gasteiger charge is 2.10. The van der Waals surface area contributed by atoms with E-state index in [1.165, 1.54) is 18.2 Å². The predicted molar refractivity (Wildman–Crippen MR) is 85.9 cm³/mol. The Hall–Kier alpha value is -3.00. The van der Waals surface area contributed by atoms with Gasteiger partial charge in [0.15, 0.2) is 17.3 Å². The third-order valence-corrected chi connectivity index (χ3v) is 3.25. The number of benzene rings is 1. The zero-order valence-electron chi connectivity index (χ0n) is 12.4. The van der Waals surface area contributed by atoms with Gasteiger partial charge in [-0.15, -0.1) is 10.2 Å². The summed E-state index contributed by atoms with van der Waals surface area (Å²) in [6.07, 6.45) is 0. The minimum Gasteiger partial charge on any atom is -0.360 e. The molecule has 0 bridgehead atoms. The average Bonchev–Trinajstić information content (AvgIpc) is 2.96. The molecule has 3 aromatic rings. The van der Waals surface area contributed by atoms with Crippen LogP contribution in [0.2, 0.25) is 5.02 Å². The van der Waals surface area contributed by atoms with E-state index in [1.807, 2.05) is 0 Å². The lowest BCUT2D eigenvalue weighted by Gasteiger charge is -2.06. The van der Waals surface area contributed by atoms with Gasteiger partial charge in [-0.25, -0.2) is 4.39 Å². The number of carbonyl (C=O) groups is 1. The van der Waals surface area contributed by atoms with Crippen molar-refractivity contribution in [2.45, 2.75) is 6.92 Å². The SMILES string of the molecule is Cc1cc(Nc2ccc(C(=O)Nc3ccc(F)c(Cl)c3)nn2)no1. The zero-order valence-corrected chi connectivity index (χ0v) is 13.1. The number of aryl methyl sites for hydroxylation is 1. The molecule has 0 aliphatic heterocycles. The van der Waals surface area contributed by atoms with Crippen molar-refractivity contribution >= 4 is 34.8 Å². The first-order valence-electron chi connectivity index (χ1n) is 6.82. The molecule has 1 amide bonds. The first-order valence-corrected chi connectivity index (χ1v) is 7.19. The summed E-state index contributed by atoms with van der Waals surface area (Å²) in [5.41, 5.74) is 0.450. The standard InChI is InChI=1S/C15H11ClFN5O2/c1-8-6-14(22-24-8)19-13-5-4-12(20-21-13)15(23)18-9-2-3-11(17)10(16)7-9/h2-7H,1H3,(H,18,23)(H,19,21,22). The Kier molecular flexibility index (Phi) is 4.39. The molecule has 0 saturated carbocycles. The molecule has 0 spiro atoms. The van der Waals surface area contributed by atoms with Gasteiger partial charge in [0.05, 0.1) is 5.02 Å². The van der Waals surface area contributed by atoms with Crippen LogP contribution in [0.3, 0.4) is 0 Å². The normalized spacial score (nSPS) is 10.5. The number of anilines is 3. The van der Waals surface area contributed by atoms with Crippen LogP contribution in [-0.2, 0) is 0 Å². The van der Waals surface area contributed by atoms with Gasteiger partial charge in [-0.05, 0) is 37.3 Å². The van der Waals surface area contributed by atoms with E-state index in [4.69, 9.17) is 16.1 Å². The van der Waals surface area contributed by atoms with E-state index < -0.39 is 11.7 Å². The number of hydrogen-bond acceptors (Lipinski definition) is 6. The molecule has 0 fully saturated rings. The number of halogens is 2. The molecule has 0 saturated heterocycles. The Morgan fingerprint density at radius 1 is 1.17 bits per heavy atom. The zero-order chi connectivity index (χ0) is 17.1. The fourth-order valence-corrected chi connectivity index (χ4v) is 2.03. The number of nitrogens with zero attached hydrogens (tertiary/aromatic N) is 3. The van der Waals surface area contributed by atoms with E-state index in [0.717, 1.165) is 6.07 Å². The maximum absolute atomic E-state index is 13.1. The molecule has 0 radical (unpaired) electrons. The van der Waals surface area contributed by atoms with Crippen LogP contribution in [0.1, 0.15) is 16.2 Å². The van der Waals surface area contributed by atoms with E-state index in [0.29, 0.717) is 23.1 Å². The number of aromatic nitrogens is 3. The number of amides is 1. The molecule has 0 aliphatic carbocycles. The third-order valence-electron chi connectivity index (χ3n) is 2.96. The lowest BCUT2D eigenvalue weighted by Crippen LogP contribution is -2.14. The summed E-state index contributed by atoms with van der Waals surface area (Å²) in [4.78, 5) is 12.1. The minimum absolute atomic E-state index is 0.0821. The summed E-state index contributed by atoms with van der Waals surface area (Å²) < 4.78 is 18.0. The third kappa shape index (κ3) is 3.66. The largest absolute Gasteiger partial charge is 0.360 e. The highest BCUT2D eigenvalue weighted by molar-refractivity contribution is 6.31. The molecule has 122 valence electrons. The topological polar surface area (TPSA) is 92.9 Å². The van der Waals surface area contributed by atoms with Gasteiger partial charge in [-0.1, -0.05) is 16.8 Å². The second kappa shape index (κ2) is 6.63. The van der Waals surface area contributed by atoms with Crippen LogP contribution in [0.15, 0.2) is 40.9 Å². The second-order valence-corrected chi connectivity index (χ2v) is 5.24. The highest BCUT2D eigenvalue weighted by atomic mass is 35.5. The summed E-state index contributed by atoms with van der Waals surface area (Å²) in [6, 6.07) is 8.63. The Morgan fingerprint density at radius 2 is 2.00 bits per heavy atom. The van der Waals surface area contributed by atoms with Crippen LogP contribution in [0.5, 0.6) is 0 Å². The number of carbonyl (C=O) groups excluding carboxylic acids is 1. The van der Waals surface area contributed by atoms with Crippen LogP contribution in [-0.4, -0.2) is 21.3 Å². The van der Waals surface area contributed by atoms with E-state index in [9.17, 15) is 9.18 Å². The van der Waals surface area contributed by atoms with Gasteiger partial charge in [0.1, 0.15) is 11.6 Å². The Balaban J connectivity index is 1.68. The van der Waals surface area contributed by atoms with E-state index in [1.54, 1.807) is 19.1 Å². The Labute approximate surface area is 140 Å². The molecule has 0 aliphatic rings. The Bertz CT molecular complexity index is 882. The van der Waals surface area contributed by atoms with Crippen molar-refractivity contribution in [3.63, 3.8) is 0 Å². The summed E-state index contributed by atoms with van der Waals surface area (Å²) in [5.74, 6) is 0.492. The maximum atomic E-state index is 13.1. The van der Waals surface area contributed by atoms with Crippen molar-refractivity contribution in [3.8, 4) is 0 Å². The second-order valence-electron chi connectivity index (χ2n) is 4.83. The number of nitrogens with one attached hydrogen (secondary N) is 2. The molecule has 2 aromatic heterocycles. The van der Waals surface area contributed by atoms with Gasteiger partial charge in [0.25, 0.3) is 5.91 Å². The van der Waals surface area contributed by atoms with Crippen LogP contribution < -0.4 is 10.6 Å². The van der Waals surface area contributed by atoms with Crippen molar-refractivity contribution < 1.29 is 13.7 Å². The number of rotatable bonds is 4. The molecule has 9 heteroatoms. The fourth-order valence-electron chi connectivity index (χ4n) is 1.85. The minimum atomic E-state index is -0.562. The Morgan fingerprint density at radius 3 is 2.62 bits per heavy atom. The number of hydrogen-bond donors (Lipinski definition) is 2. The van der Waals surface area contributed by atoms with Crippen LogP contribution in [0.25, 0.3) is 0 Å². The lowest BCUT2D eigenvalue weighted by atomic mass is 10.3. The quantitative estimate of drug-likeness (QED) is 0.749. The molecule has 3 rings (SSSR count). The van der Waals surface area contributed by atoms with Gasteiger partial charge >= 0.3 is 0 Å². The highest BCUT2D eigenvalue weighted by Crippen LogP contribution is 2.20. The molecular formula is C15H11ClFN5O2. The van der Waals surface area contributed by atoms with Crippen LogP contribution >= 0.6 is 11.6 Å². The molecule has 2 N–H and O–H groups in total. The van der Waals surface area contributed by atoms with E-state index >= 15 is 0 Å². The first-order chi connectivity index (χ1) is 11.5. The van der Waals surface area contributed by atoms with Gasteiger partial charge in [-0.2, -0.15) is 0 Å². The van der Waals surface area contributed by atoms with Gasteiger partial charge in [-0.3, -0.25) is 4.79 Å². The van der Waals surface area contributed by atoms with Crippen molar-refractivity contribution in [1.82, 2.24) is 15.4 Å². The van der Waals surface area contributed by atoms with E-state index in [2.05, 4.69) is 26.0 Å². The smallest absolute Gasteiger partial charge is 0.276 e.